The summed E-state index contributed by atoms with van der Waals surface area (Å²) in [4.78, 5) is 15.3. The SMILES string of the molecule is Cc1cnc(SCC(=O)O)s1. The lowest BCUT2D eigenvalue weighted by Crippen LogP contribution is -1.96. The Bertz CT molecular complexity index is 259. The summed E-state index contributed by atoms with van der Waals surface area (Å²) in [6, 6.07) is 0. The summed E-state index contributed by atoms with van der Waals surface area (Å²) >= 11 is 2.78. The van der Waals surface area contributed by atoms with Crippen LogP contribution in [0.1, 0.15) is 4.88 Å². The third kappa shape index (κ3) is 2.90. The molecule has 1 heterocycles. The summed E-state index contributed by atoms with van der Waals surface area (Å²) in [5.74, 6) is -0.713. The molecule has 0 aliphatic rings. The fraction of sp³-hybridized carbons (Fsp3) is 0.333. The van der Waals surface area contributed by atoms with Gasteiger partial charge in [0.2, 0.25) is 0 Å². The molecule has 0 aliphatic carbocycles. The van der Waals surface area contributed by atoms with Gasteiger partial charge >= 0.3 is 5.97 Å². The molecule has 11 heavy (non-hydrogen) atoms. The van der Waals surface area contributed by atoms with Crippen molar-refractivity contribution in [1.82, 2.24) is 4.98 Å². The largest absolute Gasteiger partial charge is 0.481 e. The van der Waals surface area contributed by atoms with E-state index in [1.807, 2.05) is 6.92 Å². The fourth-order valence-corrected chi connectivity index (χ4v) is 2.19. The Hall–Kier alpha value is -0.550. The summed E-state index contributed by atoms with van der Waals surface area (Å²) in [5.41, 5.74) is 0. The molecule has 0 amide bonds. The van der Waals surface area contributed by atoms with Crippen molar-refractivity contribution in [3.05, 3.63) is 11.1 Å². The number of hydrogen-bond donors (Lipinski definition) is 1. The summed E-state index contributed by atoms with van der Waals surface area (Å²) < 4.78 is 0.824. The number of thioether (sulfide) groups is 1. The van der Waals surface area contributed by atoms with Crippen molar-refractivity contribution in [2.45, 2.75) is 11.3 Å². The van der Waals surface area contributed by atoms with Crippen LogP contribution < -0.4 is 0 Å². The van der Waals surface area contributed by atoms with E-state index >= 15 is 0 Å². The van der Waals surface area contributed by atoms with Crippen LogP contribution in [0.15, 0.2) is 10.5 Å². The molecular weight excluding hydrogens is 182 g/mol. The molecule has 0 saturated heterocycles. The number of nitrogens with zero attached hydrogens (tertiary/aromatic N) is 1. The van der Waals surface area contributed by atoms with E-state index in [0.29, 0.717) is 0 Å². The second kappa shape index (κ2) is 3.73. The first kappa shape index (κ1) is 8.55. The van der Waals surface area contributed by atoms with Gasteiger partial charge in [0, 0.05) is 11.1 Å². The number of aliphatic carboxylic acids is 1. The van der Waals surface area contributed by atoms with E-state index in [2.05, 4.69) is 4.98 Å². The first-order valence-corrected chi connectivity index (χ1v) is 4.75. The molecule has 1 aromatic heterocycles. The number of carbonyl (C=O) groups is 1. The van der Waals surface area contributed by atoms with Crippen LogP contribution in [0.2, 0.25) is 0 Å². The lowest BCUT2D eigenvalue weighted by atomic mass is 10.7. The number of hydrogen-bond acceptors (Lipinski definition) is 4. The second-order valence-corrected chi connectivity index (χ2v) is 4.38. The van der Waals surface area contributed by atoms with Crippen molar-refractivity contribution < 1.29 is 9.90 Å². The Labute approximate surface area is 72.5 Å². The van der Waals surface area contributed by atoms with Crippen molar-refractivity contribution in [3.8, 4) is 0 Å². The molecule has 0 atom stereocenters. The molecule has 3 nitrogen and oxygen atoms in total. The molecule has 0 saturated carbocycles. The Morgan fingerprint density at radius 1 is 1.91 bits per heavy atom. The smallest absolute Gasteiger partial charge is 0.313 e. The first-order chi connectivity index (χ1) is 5.18. The molecule has 0 unspecified atom stereocenters. The number of rotatable bonds is 3. The number of carboxylic acid groups (broad SMARTS) is 1. The van der Waals surface area contributed by atoms with Crippen molar-refractivity contribution in [3.63, 3.8) is 0 Å². The molecule has 0 bridgehead atoms. The number of thiazole rings is 1. The average Bonchev–Trinajstić information content (AvgIpc) is 2.31. The summed E-state index contributed by atoms with van der Waals surface area (Å²) in [7, 11) is 0. The Morgan fingerprint density at radius 2 is 2.64 bits per heavy atom. The second-order valence-electron chi connectivity index (χ2n) is 1.92. The van der Waals surface area contributed by atoms with Gasteiger partial charge in [0.05, 0.1) is 5.75 Å². The lowest BCUT2D eigenvalue weighted by Gasteiger charge is -1.88. The predicted molar refractivity (Wildman–Crippen MR) is 45.2 cm³/mol. The van der Waals surface area contributed by atoms with Crippen LogP contribution in [-0.4, -0.2) is 21.8 Å². The monoisotopic (exact) mass is 189 g/mol. The van der Waals surface area contributed by atoms with Gasteiger partial charge in [-0.25, -0.2) is 4.98 Å². The molecule has 0 aromatic carbocycles. The Morgan fingerprint density at radius 3 is 3.09 bits per heavy atom. The zero-order valence-electron chi connectivity index (χ0n) is 5.90. The van der Waals surface area contributed by atoms with Crippen LogP contribution in [0.25, 0.3) is 0 Å². The first-order valence-electron chi connectivity index (χ1n) is 2.95. The van der Waals surface area contributed by atoms with E-state index in [1.54, 1.807) is 6.20 Å². The maximum atomic E-state index is 10.1. The van der Waals surface area contributed by atoms with Gasteiger partial charge in [-0.05, 0) is 6.92 Å². The molecule has 5 heteroatoms. The number of carboxylic acids is 1. The van der Waals surface area contributed by atoms with Crippen molar-refractivity contribution in [2.24, 2.45) is 0 Å². The fourth-order valence-electron chi connectivity index (χ4n) is 0.524. The normalized spacial score (nSPS) is 9.91. The van der Waals surface area contributed by atoms with Gasteiger partial charge in [-0.2, -0.15) is 0 Å². The molecular formula is C6H7NO2S2. The van der Waals surface area contributed by atoms with Crippen molar-refractivity contribution >= 4 is 29.1 Å². The highest BCUT2D eigenvalue weighted by atomic mass is 32.2. The molecule has 0 aliphatic heterocycles. The van der Waals surface area contributed by atoms with Gasteiger partial charge in [0.15, 0.2) is 4.34 Å². The zero-order chi connectivity index (χ0) is 8.27. The van der Waals surface area contributed by atoms with E-state index in [0.717, 1.165) is 9.22 Å². The summed E-state index contributed by atoms with van der Waals surface area (Å²) in [6.45, 7) is 1.95. The minimum absolute atomic E-state index is 0.0902. The highest BCUT2D eigenvalue weighted by Gasteiger charge is 2.02. The zero-order valence-corrected chi connectivity index (χ0v) is 7.54. The molecule has 1 aromatic rings. The van der Waals surface area contributed by atoms with Crippen molar-refractivity contribution in [2.75, 3.05) is 5.75 Å². The standard InChI is InChI=1S/C6H7NO2S2/c1-4-2-7-6(11-4)10-3-5(8)9/h2H,3H2,1H3,(H,8,9). The van der Waals surface area contributed by atoms with E-state index in [4.69, 9.17) is 5.11 Å². The molecule has 60 valence electrons. The van der Waals surface area contributed by atoms with Crippen LogP contribution in [0, 0.1) is 6.92 Å². The molecule has 0 fully saturated rings. The Kier molecular flexibility index (Phi) is 2.90. The molecule has 1 N–H and O–H groups in total. The maximum Gasteiger partial charge on any atom is 0.313 e. The molecule has 1 rings (SSSR count). The molecule has 0 radical (unpaired) electrons. The Balaban J connectivity index is 2.45. The van der Waals surface area contributed by atoms with E-state index in [1.165, 1.54) is 23.1 Å². The van der Waals surface area contributed by atoms with E-state index in [9.17, 15) is 4.79 Å². The molecule has 0 spiro atoms. The van der Waals surface area contributed by atoms with Crippen molar-refractivity contribution in [1.29, 1.82) is 0 Å². The van der Waals surface area contributed by atoms with Gasteiger partial charge in [-0.1, -0.05) is 11.8 Å². The van der Waals surface area contributed by atoms with Gasteiger partial charge in [0.25, 0.3) is 0 Å². The van der Waals surface area contributed by atoms with Gasteiger partial charge < -0.3 is 5.11 Å². The highest BCUT2D eigenvalue weighted by molar-refractivity contribution is 8.01. The summed E-state index contributed by atoms with van der Waals surface area (Å²) in [5, 5.41) is 8.34. The topological polar surface area (TPSA) is 50.2 Å². The van der Waals surface area contributed by atoms with Gasteiger partial charge in [0.1, 0.15) is 0 Å². The minimum Gasteiger partial charge on any atom is -0.481 e. The number of aryl methyl sites for hydroxylation is 1. The van der Waals surface area contributed by atoms with Crippen LogP contribution in [0.3, 0.4) is 0 Å². The third-order valence-electron chi connectivity index (χ3n) is 0.919. The van der Waals surface area contributed by atoms with Crippen LogP contribution in [0.4, 0.5) is 0 Å². The van der Waals surface area contributed by atoms with Crippen LogP contribution in [-0.2, 0) is 4.79 Å². The quantitative estimate of drug-likeness (QED) is 0.734. The lowest BCUT2D eigenvalue weighted by molar-refractivity contribution is -0.133. The highest BCUT2D eigenvalue weighted by Crippen LogP contribution is 2.22. The third-order valence-corrected chi connectivity index (χ3v) is 2.97. The summed E-state index contributed by atoms with van der Waals surface area (Å²) in [6.07, 6.45) is 1.74. The predicted octanol–water partition coefficient (Wildman–Crippen LogP) is 1.63. The minimum atomic E-state index is -0.803. The van der Waals surface area contributed by atoms with Crippen LogP contribution in [0.5, 0.6) is 0 Å². The van der Waals surface area contributed by atoms with Gasteiger partial charge in [-0.15, -0.1) is 11.3 Å². The van der Waals surface area contributed by atoms with Crippen LogP contribution >= 0.6 is 23.1 Å². The maximum absolute atomic E-state index is 10.1. The van der Waals surface area contributed by atoms with E-state index in [-0.39, 0.29) is 5.75 Å². The average molecular weight is 189 g/mol. The van der Waals surface area contributed by atoms with Gasteiger partial charge in [-0.3, -0.25) is 4.79 Å². The number of aromatic nitrogens is 1. The van der Waals surface area contributed by atoms with E-state index < -0.39 is 5.97 Å².